The summed E-state index contributed by atoms with van der Waals surface area (Å²) in [5.74, 6) is 0.500. The zero-order valence-electron chi connectivity index (χ0n) is 12.8. The maximum absolute atomic E-state index is 6.92. The van der Waals surface area contributed by atoms with E-state index in [1.165, 1.54) is 34.6 Å². The van der Waals surface area contributed by atoms with Gasteiger partial charge in [0, 0.05) is 27.6 Å². The van der Waals surface area contributed by atoms with Crippen molar-refractivity contribution in [2.45, 2.75) is 56.9 Å². The van der Waals surface area contributed by atoms with Crippen molar-refractivity contribution in [2.75, 3.05) is 0 Å². The lowest BCUT2D eigenvalue weighted by Gasteiger charge is -2.41. The van der Waals surface area contributed by atoms with Gasteiger partial charge in [0.05, 0.1) is 0 Å². The number of hydrogen-bond acceptors (Lipinski definition) is 2. The average Bonchev–Trinajstić information content (AvgIpc) is 2.95. The fraction of sp³-hybridized carbons (Fsp3) is 0.474. The van der Waals surface area contributed by atoms with Gasteiger partial charge in [-0.25, -0.2) is 0 Å². The zero-order chi connectivity index (χ0) is 14.7. The van der Waals surface area contributed by atoms with Crippen molar-refractivity contribution in [3.05, 3.63) is 57.8 Å². The van der Waals surface area contributed by atoms with Gasteiger partial charge in [-0.05, 0) is 37.0 Å². The van der Waals surface area contributed by atoms with Crippen LogP contribution in [0.2, 0.25) is 0 Å². The van der Waals surface area contributed by atoms with E-state index < -0.39 is 0 Å². The number of rotatable bonds is 4. The van der Waals surface area contributed by atoms with Gasteiger partial charge in [0.2, 0.25) is 0 Å². The summed E-state index contributed by atoms with van der Waals surface area (Å²) in [6, 6.07) is 15.4. The predicted molar refractivity (Wildman–Crippen MR) is 92.0 cm³/mol. The Morgan fingerprint density at radius 1 is 1.10 bits per heavy atom. The van der Waals surface area contributed by atoms with Gasteiger partial charge in [0.15, 0.2) is 0 Å². The second-order valence-corrected chi connectivity index (χ2v) is 7.59. The maximum atomic E-state index is 6.92. The third-order valence-electron chi connectivity index (χ3n) is 4.85. The molecular weight excluding hydrogens is 274 g/mol. The normalized spacial score (nSPS) is 25.9. The minimum atomic E-state index is -0.0739. The third kappa shape index (κ3) is 3.22. The number of thiophene rings is 1. The molecule has 0 bridgehead atoms. The molecule has 0 saturated heterocycles. The molecule has 2 N–H and O–H groups in total. The van der Waals surface area contributed by atoms with Gasteiger partial charge in [-0.15, -0.1) is 11.3 Å². The first-order valence-corrected chi connectivity index (χ1v) is 8.94. The van der Waals surface area contributed by atoms with Gasteiger partial charge in [-0.2, -0.15) is 0 Å². The molecule has 1 heterocycles. The fourth-order valence-electron chi connectivity index (χ4n) is 3.69. The lowest BCUT2D eigenvalue weighted by Crippen LogP contribution is -2.49. The van der Waals surface area contributed by atoms with E-state index in [1.807, 2.05) is 11.3 Å². The van der Waals surface area contributed by atoms with Crippen LogP contribution in [0.15, 0.2) is 42.5 Å². The van der Waals surface area contributed by atoms with Crippen molar-refractivity contribution in [3.8, 4) is 0 Å². The van der Waals surface area contributed by atoms with Crippen LogP contribution < -0.4 is 5.73 Å². The highest BCUT2D eigenvalue weighted by Gasteiger charge is 2.38. The molecule has 21 heavy (non-hydrogen) atoms. The molecule has 1 aliphatic rings. The minimum Gasteiger partial charge on any atom is -0.324 e. The standard InChI is InChI=1S/C19H25NS/c1-2-16-11-12-17(21-16)14-19(20)13-7-6-10-18(19)15-8-4-3-5-9-15/h3-5,8-9,11-12,18H,2,6-7,10,13-14,20H2,1H3. The maximum Gasteiger partial charge on any atom is 0.0272 e. The summed E-state index contributed by atoms with van der Waals surface area (Å²) >= 11 is 1.94. The molecule has 1 aromatic carbocycles. The molecule has 1 aliphatic carbocycles. The summed E-state index contributed by atoms with van der Waals surface area (Å²) in [7, 11) is 0. The van der Waals surface area contributed by atoms with Crippen molar-refractivity contribution in [1.82, 2.24) is 0 Å². The highest BCUT2D eigenvalue weighted by atomic mass is 32.1. The molecule has 3 rings (SSSR count). The predicted octanol–water partition coefficient (Wildman–Crippen LogP) is 4.91. The first kappa shape index (κ1) is 14.8. The first-order chi connectivity index (χ1) is 10.2. The molecule has 0 spiro atoms. The van der Waals surface area contributed by atoms with Crippen LogP contribution in [0.1, 0.15) is 53.8 Å². The quantitative estimate of drug-likeness (QED) is 0.853. The van der Waals surface area contributed by atoms with Crippen molar-refractivity contribution in [2.24, 2.45) is 5.73 Å². The third-order valence-corrected chi connectivity index (χ3v) is 6.08. The highest BCUT2D eigenvalue weighted by Crippen LogP contribution is 2.42. The van der Waals surface area contributed by atoms with E-state index in [4.69, 9.17) is 5.73 Å². The van der Waals surface area contributed by atoms with Gasteiger partial charge < -0.3 is 5.73 Å². The van der Waals surface area contributed by atoms with Crippen LogP contribution in [0.25, 0.3) is 0 Å². The van der Waals surface area contributed by atoms with Crippen LogP contribution in [0, 0.1) is 0 Å². The topological polar surface area (TPSA) is 26.0 Å². The van der Waals surface area contributed by atoms with Crippen molar-refractivity contribution < 1.29 is 0 Å². The average molecular weight is 299 g/mol. The molecule has 0 aliphatic heterocycles. The van der Waals surface area contributed by atoms with Gasteiger partial charge in [0.25, 0.3) is 0 Å². The molecule has 1 saturated carbocycles. The van der Waals surface area contributed by atoms with E-state index in [0.717, 1.165) is 19.3 Å². The summed E-state index contributed by atoms with van der Waals surface area (Å²) in [4.78, 5) is 2.93. The smallest absolute Gasteiger partial charge is 0.0272 e. The number of hydrogen-bond donors (Lipinski definition) is 1. The summed E-state index contributed by atoms with van der Waals surface area (Å²) in [5.41, 5.74) is 8.27. The van der Waals surface area contributed by atoms with Crippen LogP contribution in [0.4, 0.5) is 0 Å². The Kier molecular flexibility index (Phi) is 4.46. The Labute approximate surface area is 132 Å². The summed E-state index contributed by atoms with van der Waals surface area (Å²) in [6.07, 6.45) is 7.11. The molecule has 2 unspecified atom stereocenters. The van der Waals surface area contributed by atoms with Gasteiger partial charge in [-0.1, -0.05) is 50.1 Å². The first-order valence-electron chi connectivity index (χ1n) is 8.13. The molecular formula is C19H25NS. The summed E-state index contributed by atoms with van der Waals surface area (Å²) < 4.78 is 0. The lowest BCUT2D eigenvalue weighted by molar-refractivity contribution is 0.250. The highest BCUT2D eigenvalue weighted by molar-refractivity contribution is 7.12. The lowest BCUT2D eigenvalue weighted by atomic mass is 9.68. The van der Waals surface area contributed by atoms with Crippen molar-refractivity contribution >= 4 is 11.3 Å². The SMILES string of the molecule is CCc1ccc(CC2(N)CCCCC2c2ccccc2)s1. The second kappa shape index (κ2) is 6.33. The van der Waals surface area contributed by atoms with Crippen molar-refractivity contribution in [3.63, 3.8) is 0 Å². The monoisotopic (exact) mass is 299 g/mol. The summed E-state index contributed by atoms with van der Waals surface area (Å²) in [6.45, 7) is 2.22. The largest absolute Gasteiger partial charge is 0.324 e. The Morgan fingerprint density at radius 3 is 2.57 bits per heavy atom. The molecule has 1 aromatic heterocycles. The molecule has 0 radical (unpaired) electrons. The van der Waals surface area contributed by atoms with Gasteiger partial charge >= 0.3 is 0 Å². The Bertz CT molecular complexity index is 574. The van der Waals surface area contributed by atoms with Crippen LogP contribution in [-0.2, 0) is 12.8 Å². The van der Waals surface area contributed by atoms with E-state index in [-0.39, 0.29) is 5.54 Å². The van der Waals surface area contributed by atoms with Crippen LogP contribution in [0.3, 0.4) is 0 Å². The van der Waals surface area contributed by atoms with E-state index in [1.54, 1.807) is 0 Å². The van der Waals surface area contributed by atoms with E-state index >= 15 is 0 Å². The second-order valence-electron chi connectivity index (χ2n) is 6.34. The minimum absolute atomic E-state index is 0.0739. The zero-order valence-corrected chi connectivity index (χ0v) is 13.7. The molecule has 2 heteroatoms. The fourth-order valence-corrected chi connectivity index (χ4v) is 4.79. The van der Waals surface area contributed by atoms with Crippen molar-refractivity contribution in [1.29, 1.82) is 0 Å². The number of nitrogens with two attached hydrogens (primary N) is 1. The van der Waals surface area contributed by atoms with E-state index in [2.05, 4.69) is 49.4 Å². The van der Waals surface area contributed by atoms with Crippen LogP contribution in [-0.4, -0.2) is 5.54 Å². The van der Waals surface area contributed by atoms with Gasteiger partial charge in [-0.3, -0.25) is 0 Å². The Morgan fingerprint density at radius 2 is 1.86 bits per heavy atom. The molecule has 1 nitrogen and oxygen atoms in total. The Balaban J connectivity index is 1.85. The molecule has 2 atom stereocenters. The number of benzene rings is 1. The van der Waals surface area contributed by atoms with E-state index in [9.17, 15) is 0 Å². The van der Waals surface area contributed by atoms with E-state index in [0.29, 0.717) is 5.92 Å². The summed E-state index contributed by atoms with van der Waals surface area (Å²) in [5, 5.41) is 0. The number of aryl methyl sites for hydroxylation is 1. The Hall–Kier alpha value is -1.12. The van der Waals surface area contributed by atoms with Crippen LogP contribution in [0.5, 0.6) is 0 Å². The molecule has 112 valence electrons. The molecule has 0 amide bonds. The van der Waals surface area contributed by atoms with Gasteiger partial charge in [0.1, 0.15) is 0 Å². The molecule has 2 aromatic rings. The molecule has 1 fully saturated rings. The van der Waals surface area contributed by atoms with Crippen LogP contribution >= 0.6 is 11.3 Å².